The van der Waals surface area contributed by atoms with Crippen LogP contribution in [0.5, 0.6) is 0 Å². The van der Waals surface area contributed by atoms with E-state index in [1.807, 2.05) is 18.2 Å². The van der Waals surface area contributed by atoms with E-state index in [1.54, 1.807) is 11.3 Å². The average molecular weight is 281 g/mol. The monoisotopic (exact) mass is 280 g/mol. The Morgan fingerprint density at radius 3 is 3.07 bits per heavy atom. The van der Waals surface area contributed by atoms with Crippen molar-refractivity contribution in [2.75, 3.05) is 0 Å². The first-order chi connectivity index (χ1) is 7.31. The van der Waals surface area contributed by atoms with E-state index in [0.717, 1.165) is 10.8 Å². The normalized spacial score (nSPS) is 11.3. The Morgan fingerprint density at radius 1 is 1.40 bits per heavy atom. The van der Waals surface area contributed by atoms with Gasteiger partial charge in [-0.15, -0.1) is 11.3 Å². The molecule has 76 valence electrons. The van der Waals surface area contributed by atoms with E-state index < -0.39 is 0 Å². The second-order valence-corrected chi connectivity index (χ2v) is 4.96. The van der Waals surface area contributed by atoms with Gasteiger partial charge in [-0.25, -0.2) is 0 Å². The van der Waals surface area contributed by atoms with Gasteiger partial charge in [0.05, 0.1) is 0 Å². The summed E-state index contributed by atoms with van der Waals surface area (Å²) in [6.45, 7) is 0. The summed E-state index contributed by atoms with van der Waals surface area (Å²) < 4.78 is 2.36. The summed E-state index contributed by atoms with van der Waals surface area (Å²) >= 11 is 5.16. The molecule has 1 nitrogen and oxygen atoms in total. The molecule has 0 saturated heterocycles. The molecule has 0 radical (unpaired) electrons. The number of hydrogen-bond donors (Lipinski definition) is 0. The van der Waals surface area contributed by atoms with Crippen LogP contribution in [-0.4, -0.2) is 6.29 Å². The molecule has 0 spiro atoms. The zero-order valence-electron chi connectivity index (χ0n) is 7.94. The van der Waals surface area contributed by atoms with E-state index in [0.29, 0.717) is 6.42 Å². The van der Waals surface area contributed by atoms with Crippen molar-refractivity contribution in [2.24, 2.45) is 0 Å². The quantitative estimate of drug-likeness (QED) is 0.768. The Morgan fingerprint density at radius 2 is 2.27 bits per heavy atom. The molecular formula is C12H9BrOS. The number of carbonyl (C=O) groups is 1. The Kier molecular flexibility index (Phi) is 3.34. The summed E-state index contributed by atoms with van der Waals surface area (Å²) in [4.78, 5) is 10.2. The van der Waals surface area contributed by atoms with Gasteiger partial charge in [0.15, 0.2) is 0 Å². The Bertz CT molecular complexity index is 513. The van der Waals surface area contributed by atoms with Crippen molar-refractivity contribution in [1.29, 1.82) is 0 Å². The zero-order chi connectivity index (χ0) is 10.7. The van der Waals surface area contributed by atoms with Gasteiger partial charge in [0.2, 0.25) is 0 Å². The molecule has 0 fully saturated rings. The fourth-order valence-electron chi connectivity index (χ4n) is 1.40. The second-order valence-electron chi connectivity index (χ2n) is 3.14. The molecule has 0 saturated carbocycles. The fraction of sp³-hybridized carbons (Fsp3) is 0.0833. The molecule has 15 heavy (non-hydrogen) atoms. The Labute approximate surface area is 101 Å². The standard InChI is InChI=1S/C12H9BrOS/c13-10-4-5-11-9(3-1-2-6-14)8-15-12(11)7-10/h1,3-8H,2H2/b3-1+. The van der Waals surface area contributed by atoms with Crippen LogP contribution in [-0.2, 0) is 4.79 Å². The minimum Gasteiger partial charge on any atom is -0.303 e. The maximum atomic E-state index is 10.2. The van der Waals surface area contributed by atoms with Crippen LogP contribution in [0.15, 0.2) is 34.1 Å². The smallest absolute Gasteiger partial charge is 0.123 e. The molecule has 0 amide bonds. The number of thiophene rings is 1. The highest BCUT2D eigenvalue weighted by atomic mass is 79.9. The van der Waals surface area contributed by atoms with Crippen LogP contribution in [0.1, 0.15) is 12.0 Å². The van der Waals surface area contributed by atoms with Crippen molar-refractivity contribution in [2.45, 2.75) is 6.42 Å². The number of aldehydes is 1. The van der Waals surface area contributed by atoms with Gasteiger partial charge in [-0.3, -0.25) is 0 Å². The first-order valence-electron chi connectivity index (χ1n) is 4.58. The van der Waals surface area contributed by atoms with Gasteiger partial charge in [-0.05, 0) is 28.5 Å². The number of halogens is 1. The Balaban J connectivity index is 2.40. The van der Waals surface area contributed by atoms with Crippen molar-refractivity contribution >= 4 is 49.7 Å². The summed E-state index contributed by atoms with van der Waals surface area (Å²) in [5.74, 6) is 0. The van der Waals surface area contributed by atoms with Crippen LogP contribution in [0, 0.1) is 0 Å². The van der Waals surface area contributed by atoms with E-state index in [2.05, 4.69) is 33.4 Å². The topological polar surface area (TPSA) is 17.1 Å². The first kappa shape index (κ1) is 10.6. The number of benzene rings is 1. The number of allylic oxidation sites excluding steroid dienone is 1. The molecule has 0 N–H and O–H groups in total. The number of carbonyl (C=O) groups excluding carboxylic acids is 1. The molecule has 0 bridgehead atoms. The molecule has 0 aliphatic rings. The number of hydrogen-bond acceptors (Lipinski definition) is 2. The summed E-state index contributed by atoms with van der Waals surface area (Å²) in [5, 5.41) is 3.35. The van der Waals surface area contributed by atoms with Gasteiger partial charge in [-0.2, -0.15) is 0 Å². The lowest BCUT2D eigenvalue weighted by molar-refractivity contribution is -0.107. The SMILES string of the molecule is O=CC/C=C/c1csc2cc(Br)ccc12. The highest BCUT2D eigenvalue weighted by Gasteiger charge is 2.00. The van der Waals surface area contributed by atoms with E-state index >= 15 is 0 Å². The molecule has 2 aromatic rings. The number of fused-ring (bicyclic) bond motifs is 1. The highest BCUT2D eigenvalue weighted by molar-refractivity contribution is 9.10. The van der Waals surface area contributed by atoms with Crippen molar-refractivity contribution in [3.8, 4) is 0 Å². The summed E-state index contributed by atoms with van der Waals surface area (Å²) in [7, 11) is 0. The van der Waals surface area contributed by atoms with E-state index in [1.165, 1.54) is 15.6 Å². The molecule has 2 rings (SSSR count). The summed E-state index contributed by atoms with van der Waals surface area (Å²) in [6.07, 6.45) is 5.27. The van der Waals surface area contributed by atoms with Crippen LogP contribution in [0.4, 0.5) is 0 Å². The van der Waals surface area contributed by atoms with Crippen molar-refractivity contribution in [3.05, 3.63) is 39.7 Å². The van der Waals surface area contributed by atoms with Crippen LogP contribution in [0.3, 0.4) is 0 Å². The van der Waals surface area contributed by atoms with Crippen LogP contribution < -0.4 is 0 Å². The summed E-state index contributed by atoms with van der Waals surface area (Å²) in [5.41, 5.74) is 1.18. The molecule has 0 unspecified atom stereocenters. The second kappa shape index (κ2) is 4.73. The molecule has 0 aliphatic heterocycles. The third kappa shape index (κ3) is 2.36. The lowest BCUT2D eigenvalue weighted by Crippen LogP contribution is -1.70. The predicted molar refractivity (Wildman–Crippen MR) is 69.2 cm³/mol. The van der Waals surface area contributed by atoms with Crippen LogP contribution in [0.25, 0.3) is 16.2 Å². The van der Waals surface area contributed by atoms with Gasteiger partial charge in [0, 0.05) is 15.6 Å². The molecule has 1 heterocycles. The maximum Gasteiger partial charge on any atom is 0.123 e. The average Bonchev–Trinajstić information content (AvgIpc) is 2.61. The Hall–Kier alpha value is -0.930. The van der Waals surface area contributed by atoms with Crippen molar-refractivity contribution in [1.82, 2.24) is 0 Å². The minimum atomic E-state index is 0.480. The first-order valence-corrected chi connectivity index (χ1v) is 6.25. The lowest BCUT2D eigenvalue weighted by atomic mass is 10.1. The van der Waals surface area contributed by atoms with Gasteiger partial charge < -0.3 is 4.79 Å². The van der Waals surface area contributed by atoms with Crippen LogP contribution >= 0.6 is 27.3 Å². The number of rotatable bonds is 3. The fourth-order valence-corrected chi connectivity index (χ4v) is 2.88. The third-order valence-electron chi connectivity index (χ3n) is 2.10. The van der Waals surface area contributed by atoms with Gasteiger partial charge in [0.25, 0.3) is 0 Å². The molecule has 1 aromatic heterocycles. The molecule has 3 heteroatoms. The predicted octanol–water partition coefficient (Wildman–Crippen LogP) is 4.27. The van der Waals surface area contributed by atoms with Crippen molar-refractivity contribution in [3.63, 3.8) is 0 Å². The zero-order valence-corrected chi connectivity index (χ0v) is 10.3. The van der Waals surface area contributed by atoms with Crippen molar-refractivity contribution < 1.29 is 4.79 Å². The van der Waals surface area contributed by atoms with Gasteiger partial charge in [0.1, 0.15) is 6.29 Å². The largest absolute Gasteiger partial charge is 0.303 e. The maximum absolute atomic E-state index is 10.2. The van der Waals surface area contributed by atoms with Crippen LogP contribution in [0.2, 0.25) is 0 Å². The molecular weight excluding hydrogens is 272 g/mol. The lowest BCUT2D eigenvalue weighted by Gasteiger charge is -1.92. The van der Waals surface area contributed by atoms with Gasteiger partial charge in [-0.1, -0.05) is 34.1 Å². The van der Waals surface area contributed by atoms with E-state index in [9.17, 15) is 4.79 Å². The third-order valence-corrected chi connectivity index (χ3v) is 3.55. The highest BCUT2D eigenvalue weighted by Crippen LogP contribution is 2.29. The summed E-state index contributed by atoms with van der Waals surface area (Å²) in [6, 6.07) is 6.24. The minimum absolute atomic E-state index is 0.480. The molecule has 0 aliphatic carbocycles. The molecule has 1 aromatic carbocycles. The molecule has 0 atom stereocenters. The van der Waals surface area contributed by atoms with Gasteiger partial charge >= 0.3 is 0 Å². The van der Waals surface area contributed by atoms with E-state index in [-0.39, 0.29) is 0 Å². The van der Waals surface area contributed by atoms with E-state index in [4.69, 9.17) is 0 Å².